The summed E-state index contributed by atoms with van der Waals surface area (Å²) in [6.45, 7) is 1.91. The van der Waals surface area contributed by atoms with Gasteiger partial charge in [0, 0.05) is 23.1 Å². The third-order valence-electron chi connectivity index (χ3n) is 4.65. The van der Waals surface area contributed by atoms with E-state index in [2.05, 4.69) is 17.2 Å². The van der Waals surface area contributed by atoms with Gasteiger partial charge in [0.05, 0.1) is 5.69 Å². The van der Waals surface area contributed by atoms with Crippen LogP contribution in [-0.4, -0.2) is 20.2 Å². The highest BCUT2D eigenvalue weighted by molar-refractivity contribution is 7.90. The number of hydrogen-bond donors (Lipinski definition) is 2. The minimum atomic E-state index is -4.16. The summed E-state index contributed by atoms with van der Waals surface area (Å²) in [5.74, 6) is 4.95. The Morgan fingerprint density at radius 2 is 1.44 bits per heavy atom. The number of amides is 2. The predicted molar refractivity (Wildman–Crippen MR) is 133 cm³/mol. The number of anilines is 1. The zero-order valence-electron chi connectivity index (χ0n) is 18.6. The number of carbonyl (C=O) groups excluding carboxylic acids is 2. The first-order valence-electron chi connectivity index (χ1n) is 10.7. The van der Waals surface area contributed by atoms with E-state index in [9.17, 15) is 18.0 Å². The molecule has 0 aliphatic heterocycles. The number of benzene rings is 3. The number of para-hydroxylation sites is 1. The van der Waals surface area contributed by atoms with E-state index in [1.165, 1.54) is 18.2 Å². The average Bonchev–Trinajstić information content (AvgIpc) is 2.84. The van der Waals surface area contributed by atoms with Crippen molar-refractivity contribution in [2.45, 2.75) is 24.7 Å². The van der Waals surface area contributed by atoms with Crippen LogP contribution in [0.4, 0.5) is 5.69 Å². The van der Waals surface area contributed by atoms with Crippen LogP contribution in [0.3, 0.4) is 0 Å². The highest BCUT2D eigenvalue weighted by atomic mass is 32.2. The minimum absolute atomic E-state index is 0.0545. The standard InChI is InChI=1S/C27H24N2O4S/c1-2-3-5-14-26(30)29-34(32,33)25-13-9-8-12-24(25)28-27(31)23-19-17-22(18-20-23)16-15-21-10-6-4-7-11-21/h3-13,17-20H,2,14H2,1H3,(H,28,31)(H,29,30). The molecule has 0 atom stereocenters. The molecular formula is C27H24N2O4S. The van der Waals surface area contributed by atoms with Gasteiger partial charge in [-0.3, -0.25) is 9.59 Å². The van der Waals surface area contributed by atoms with Gasteiger partial charge in [-0.05, 0) is 55.0 Å². The SMILES string of the molecule is CCC=CCC(=O)NS(=O)(=O)c1ccccc1NC(=O)c1ccc(C#Cc2ccccc2)cc1. The summed E-state index contributed by atoms with van der Waals surface area (Å²) < 4.78 is 27.5. The molecule has 34 heavy (non-hydrogen) atoms. The Morgan fingerprint density at radius 3 is 2.12 bits per heavy atom. The maximum absolute atomic E-state index is 12.7. The molecule has 0 fully saturated rings. The van der Waals surface area contributed by atoms with Crippen LogP contribution in [0.5, 0.6) is 0 Å². The second-order valence-corrected chi connectivity index (χ2v) is 8.91. The Balaban J connectivity index is 1.73. The largest absolute Gasteiger partial charge is 0.321 e. The molecular weight excluding hydrogens is 448 g/mol. The van der Waals surface area contributed by atoms with Crippen molar-refractivity contribution in [1.29, 1.82) is 0 Å². The van der Waals surface area contributed by atoms with E-state index in [0.717, 1.165) is 17.5 Å². The zero-order chi connectivity index (χ0) is 24.4. The summed E-state index contributed by atoms with van der Waals surface area (Å²) >= 11 is 0. The highest BCUT2D eigenvalue weighted by Crippen LogP contribution is 2.21. The van der Waals surface area contributed by atoms with Crippen molar-refractivity contribution in [2.24, 2.45) is 0 Å². The van der Waals surface area contributed by atoms with Gasteiger partial charge in [0.2, 0.25) is 5.91 Å². The topological polar surface area (TPSA) is 92.3 Å². The first-order valence-corrected chi connectivity index (χ1v) is 12.2. The Kier molecular flexibility index (Phi) is 8.38. The van der Waals surface area contributed by atoms with E-state index in [1.54, 1.807) is 42.5 Å². The maximum atomic E-state index is 12.7. The summed E-state index contributed by atoms with van der Waals surface area (Å²) in [5.41, 5.74) is 2.04. The second kappa shape index (κ2) is 11.6. The van der Waals surface area contributed by atoms with Crippen molar-refractivity contribution in [1.82, 2.24) is 4.72 Å². The molecule has 3 aromatic carbocycles. The van der Waals surface area contributed by atoms with Gasteiger partial charge in [0.15, 0.2) is 0 Å². The van der Waals surface area contributed by atoms with Gasteiger partial charge in [0.1, 0.15) is 4.90 Å². The molecule has 0 saturated carbocycles. The van der Waals surface area contributed by atoms with Crippen LogP contribution in [0.25, 0.3) is 0 Å². The molecule has 0 saturated heterocycles. The molecule has 0 radical (unpaired) electrons. The quantitative estimate of drug-likeness (QED) is 0.391. The van der Waals surface area contributed by atoms with Gasteiger partial charge in [-0.25, -0.2) is 13.1 Å². The Hall–Kier alpha value is -4.15. The van der Waals surface area contributed by atoms with Gasteiger partial charge >= 0.3 is 0 Å². The van der Waals surface area contributed by atoms with Gasteiger partial charge in [0.25, 0.3) is 15.9 Å². The molecule has 0 aromatic heterocycles. The zero-order valence-corrected chi connectivity index (χ0v) is 19.4. The number of nitrogens with one attached hydrogen (secondary N) is 2. The molecule has 172 valence electrons. The number of carbonyl (C=O) groups is 2. The molecule has 3 rings (SSSR count). The van der Waals surface area contributed by atoms with Gasteiger partial charge in [-0.15, -0.1) is 0 Å². The van der Waals surface area contributed by atoms with Crippen LogP contribution in [0.2, 0.25) is 0 Å². The molecule has 0 bridgehead atoms. The predicted octanol–water partition coefficient (Wildman–Crippen LogP) is 4.50. The van der Waals surface area contributed by atoms with Crippen LogP contribution in [0.15, 0.2) is 95.9 Å². The molecule has 7 heteroatoms. The van der Waals surface area contributed by atoms with E-state index < -0.39 is 21.8 Å². The number of allylic oxidation sites excluding steroid dienone is 1. The first kappa shape index (κ1) is 24.5. The summed E-state index contributed by atoms with van der Waals surface area (Å²) in [5, 5.41) is 2.62. The number of hydrogen-bond acceptors (Lipinski definition) is 4. The smallest absolute Gasteiger partial charge is 0.266 e. The van der Waals surface area contributed by atoms with Crippen molar-refractivity contribution in [3.8, 4) is 11.8 Å². The van der Waals surface area contributed by atoms with Crippen molar-refractivity contribution < 1.29 is 18.0 Å². The minimum Gasteiger partial charge on any atom is -0.321 e. The number of rotatable bonds is 7. The fraction of sp³-hybridized carbons (Fsp3) is 0.111. The van der Waals surface area contributed by atoms with E-state index >= 15 is 0 Å². The van der Waals surface area contributed by atoms with Gasteiger partial charge in [-0.1, -0.05) is 61.2 Å². The molecule has 2 N–H and O–H groups in total. The molecule has 2 amide bonds. The summed E-state index contributed by atoms with van der Waals surface area (Å²) in [7, 11) is -4.16. The molecule has 6 nitrogen and oxygen atoms in total. The monoisotopic (exact) mass is 472 g/mol. The van der Waals surface area contributed by atoms with Crippen LogP contribution >= 0.6 is 0 Å². The van der Waals surface area contributed by atoms with Crippen molar-refractivity contribution in [2.75, 3.05) is 5.32 Å². The molecule has 0 aliphatic rings. The van der Waals surface area contributed by atoms with Crippen LogP contribution in [0, 0.1) is 11.8 Å². The lowest BCUT2D eigenvalue weighted by Crippen LogP contribution is -2.30. The second-order valence-electron chi connectivity index (χ2n) is 7.26. The van der Waals surface area contributed by atoms with Crippen molar-refractivity contribution in [3.63, 3.8) is 0 Å². The maximum Gasteiger partial charge on any atom is 0.266 e. The van der Waals surface area contributed by atoms with Crippen molar-refractivity contribution >= 4 is 27.5 Å². The number of sulfonamides is 1. The lowest BCUT2D eigenvalue weighted by Gasteiger charge is -2.12. The van der Waals surface area contributed by atoms with E-state index in [0.29, 0.717) is 5.56 Å². The lowest BCUT2D eigenvalue weighted by molar-refractivity contribution is -0.118. The Bertz CT molecular complexity index is 1350. The van der Waals surface area contributed by atoms with Crippen LogP contribution in [0.1, 0.15) is 41.3 Å². The fourth-order valence-corrected chi connectivity index (χ4v) is 4.13. The van der Waals surface area contributed by atoms with E-state index in [-0.39, 0.29) is 17.0 Å². The summed E-state index contributed by atoms with van der Waals surface area (Å²) in [4.78, 5) is 24.5. The van der Waals surface area contributed by atoms with Crippen LogP contribution in [-0.2, 0) is 14.8 Å². The summed E-state index contributed by atoms with van der Waals surface area (Å²) in [6.07, 6.45) is 4.07. The van der Waals surface area contributed by atoms with Gasteiger partial charge in [-0.2, -0.15) is 0 Å². The molecule has 0 heterocycles. The van der Waals surface area contributed by atoms with Crippen molar-refractivity contribution in [3.05, 3.63) is 108 Å². The molecule has 0 spiro atoms. The van der Waals surface area contributed by atoms with E-state index in [4.69, 9.17) is 0 Å². The normalized spacial score (nSPS) is 10.9. The van der Waals surface area contributed by atoms with Crippen LogP contribution < -0.4 is 10.0 Å². The fourth-order valence-electron chi connectivity index (χ4n) is 2.97. The third-order valence-corrected chi connectivity index (χ3v) is 6.08. The van der Waals surface area contributed by atoms with Gasteiger partial charge < -0.3 is 5.32 Å². The molecule has 0 unspecified atom stereocenters. The highest BCUT2D eigenvalue weighted by Gasteiger charge is 2.21. The first-order chi connectivity index (χ1) is 16.4. The Morgan fingerprint density at radius 1 is 0.824 bits per heavy atom. The third kappa shape index (κ3) is 6.92. The lowest BCUT2D eigenvalue weighted by atomic mass is 10.1. The van der Waals surface area contributed by atoms with E-state index in [1.807, 2.05) is 42.0 Å². The summed E-state index contributed by atoms with van der Waals surface area (Å²) in [6, 6.07) is 22.1. The average molecular weight is 473 g/mol. The molecule has 0 aliphatic carbocycles. The molecule has 3 aromatic rings. The Labute approximate surface area is 199 Å².